The van der Waals surface area contributed by atoms with E-state index < -0.39 is 29.2 Å². The van der Waals surface area contributed by atoms with Crippen molar-refractivity contribution in [3.8, 4) is 0 Å². The number of piperidine rings is 1. The van der Waals surface area contributed by atoms with Gasteiger partial charge in [-0.25, -0.2) is 9.18 Å². The molecule has 174 valence electrons. The van der Waals surface area contributed by atoms with Crippen molar-refractivity contribution >= 4 is 46.5 Å². The van der Waals surface area contributed by atoms with Crippen LogP contribution in [0.1, 0.15) is 25.7 Å². The van der Waals surface area contributed by atoms with E-state index in [4.69, 9.17) is 11.6 Å². The summed E-state index contributed by atoms with van der Waals surface area (Å²) in [4.78, 5) is 39.1. The number of anilines is 3. The molecule has 0 bridgehead atoms. The fraction of sp³-hybridized carbons (Fsp3) is 0.348. The first kappa shape index (κ1) is 23.0. The van der Waals surface area contributed by atoms with Gasteiger partial charge in [-0.2, -0.15) is 0 Å². The highest BCUT2D eigenvalue weighted by Gasteiger charge is 2.61. The lowest BCUT2D eigenvalue weighted by molar-refractivity contribution is -0.120. The minimum atomic E-state index is -1.36. The van der Waals surface area contributed by atoms with Crippen LogP contribution in [0.25, 0.3) is 0 Å². The molecular weight excluding hydrogens is 451 g/mol. The summed E-state index contributed by atoms with van der Waals surface area (Å²) < 4.78 is 14.8. The van der Waals surface area contributed by atoms with Gasteiger partial charge in [0.05, 0.1) is 5.69 Å². The Labute approximate surface area is 195 Å². The molecule has 0 unspecified atom stereocenters. The van der Waals surface area contributed by atoms with Crippen molar-refractivity contribution in [1.82, 2.24) is 5.32 Å². The fourth-order valence-electron chi connectivity index (χ4n) is 4.02. The van der Waals surface area contributed by atoms with Crippen LogP contribution in [0.4, 0.5) is 26.2 Å². The number of halogens is 2. The molecule has 4 N–H and O–H groups in total. The summed E-state index contributed by atoms with van der Waals surface area (Å²) in [6, 6.07) is 9.97. The Morgan fingerprint density at radius 2 is 1.91 bits per heavy atom. The van der Waals surface area contributed by atoms with E-state index in [2.05, 4.69) is 16.0 Å². The number of hydrogen-bond acceptors (Lipinski definition) is 4. The zero-order valence-electron chi connectivity index (χ0n) is 17.7. The van der Waals surface area contributed by atoms with Crippen LogP contribution >= 0.6 is 11.6 Å². The van der Waals surface area contributed by atoms with Gasteiger partial charge in [-0.05, 0) is 61.7 Å². The lowest BCUT2D eigenvalue weighted by Gasteiger charge is -2.27. The Hall–Kier alpha value is -3.17. The van der Waals surface area contributed by atoms with Crippen molar-refractivity contribution in [1.29, 1.82) is 0 Å². The smallest absolute Gasteiger partial charge is 0.320 e. The van der Waals surface area contributed by atoms with Gasteiger partial charge in [0, 0.05) is 41.9 Å². The second kappa shape index (κ2) is 9.36. The Morgan fingerprint density at radius 1 is 1.15 bits per heavy atom. The number of rotatable bonds is 6. The first-order valence-electron chi connectivity index (χ1n) is 10.7. The second-order valence-corrected chi connectivity index (χ2v) is 8.70. The first-order chi connectivity index (χ1) is 15.8. The van der Waals surface area contributed by atoms with E-state index in [0.717, 1.165) is 12.8 Å². The highest BCUT2D eigenvalue weighted by Crippen LogP contribution is 2.44. The molecule has 1 aliphatic heterocycles. The first-order valence-corrected chi connectivity index (χ1v) is 11.1. The molecular formula is C23H24ClFN4O4. The molecule has 2 fully saturated rings. The average Bonchev–Trinajstić information content (AvgIpc) is 3.51. The van der Waals surface area contributed by atoms with Crippen LogP contribution in [-0.4, -0.2) is 41.6 Å². The zero-order valence-corrected chi connectivity index (χ0v) is 18.5. The van der Waals surface area contributed by atoms with Gasteiger partial charge in [0.25, 0.3) is 5.91 Å². The van der Waals surface area contributed by atoms with Gasteiger partial charge in [-0.15, -0.1) is 0 Å². The number of benzene rings is 2. The standard InChI is InChI=1S/C23H24ClFN4O4/c24-15-4-6-16(7-5-15)26-22(33)28-23(12-14(23)13-30)21(32)27-19-9-8-17(11-18(19)25)29-10-2-1-3-20(29)31/h4-9,11,14,30H,1-3,10,12-13H2,(H,27,32)(H2,26,28,33)/t14-,23+/m1/s1. The molecule has 8 nitrogen and oxygen atoms in total. The number of amides is 4. The second-order valence-electron chi connectivity index (χ2n) is 8.26. The van der Waals surface area contributed by atoms with Crippen LogP contribution in [0, 0.1) is 11.7 Å². The van der Waals surface area contributed by atoms with Crippen LogP contribution in [0.3, 0.4) is 0 Å². The van der Waals surface area contributed by atoms with E-state index in [1.807, 2.05) is 0 Å². The summed E-state index contributed by atoms with van der Waals surface area (Å²) in [5, 5.41) is 17.8. The lowest BCUT2D eigenvalue weighted by atomic mass is 10.1. The van der Waals surface area contributed by atoms with Gasteiger partial charge in [-0.3, -0.25) is 9.59 Å². The van der Waals surface area contributed by atoms with E-state index in [-0.39, 0.29) is 24.6 Å². The molecule has 0 spiro atoms. The van der Waals surface area contributed by atoms with Gasteiger partial charge in [0.15, 0.2) is 0 Å². The Morgan fingerprint density at radius 3 is 2.55 bits per heavy atom. The Bertz CT molecular complexity index is 1080. The van der Waals surface area contributed by atoms with Crippen molar-refractivity contribution in [2.24, 2.45) is 5.92 Å². The van der Waals surface area contributed by atoms with E-state index >= 15 is 0 Å². The molecule has 33 heavy (non-hydrogen) atoms. The van der Waals surface area contributed by atoms with E-state index in [1.54, 1.807) is 30.3 Å². The summed E-state index contributed by atoms with van der Waals surface area (Å²) in [5.74, 6) is -1.88. The summed E-state index contributed by atoms with van der Waals surface area (Å²) >= 11 is 5.84. The molecule has 0 radical (unpaired) electrons. The number of urea groups is 1. The van der Waals surface area contributed by atoms with Gasteiger partial charge >= 0.3 is 6.03 Å². The number of aliphatic hydroxyl groups excluding tert-OH is 1. The third-order valence-corrected chi connectivity index (χ3v) is 6.26. The van der Waals surface area contributed by atoms with Crippen LogP contribution in [0.2, 0.25) is 5.02 Å². The normalized spacial score (nSPS) is 22.0. The van der Waals surface area contributed by atoms with Crippen molar-refractivity contribution < 1.29 is 23.9 Å². The highest BCUT2D eigenvalue weighted by molar-refractivity contribution is 6.30. The van der Waals surface area contributed by atoms with Crippen molar-refractivity contribution in [3.63, 3.8) is 0 Å². The molecule has 0 aromatic heterocycles. The van der Waals surface area contributed by atoms with Crippen LogP contribution in [0.15, 0.2) is 42.5 Å². The molecule has 1 heterocycles. The maximum absolute atomic E-state index is 14.8. The molecule has 10 heteroatoms. The molecule has 2 aromatic carbocycles. The monoisotopic (exact) mass is 474 g/mol. The SMILES string of the molecule is O=C(Nc1ccc(Cl)cc1)N[C@@]1(C(=O)Nc2ccc(N3CCCCC3=O)cc2F)C[C@@H]1CO. The topological polar surface area (TPSA) is 111 Å². The third-order valence-electron chi connectivity index (χ3n) is 6.01. The molecule has 2 aliphatic rings. The largest absolute Gasteiger partial charge is 0.396 e. The predicted octanol–water partition coefficient (Wildman–Crippen LogP) is 3.51. The van der Waals surface area contributed by atoms with Gasteiger partial charge in [0.1, 0.15) is 11.4 Å². The quantitative estimate of drug-likeness (QED) is 0.513. The predicted molar refractivity (Wildman–Crippen MR) is 123 cm³/mol. The van der Waals surface area contributed by atoms with E-state index in [9.17, 15) is 23.9 Å². The van der Waals surface area contributed by atoms with Crippen LogP contribution in [0.5, 0.6) is 0 Å². The van der Waals surface area contributed by atoms with E-state index in [0.29, 0.717) is 29.4 Å². The number of carbonyl (C=O) groups excluding carboxylic acids is 3. The van der Waals surface area contributed by atoms with Gasteiger partial charge in [-0.1, -0.05) is 11.6 Å². The maximum Gasteiger partial charge on any atom is 0.320 e. The fourth-order valence-corrected chi connectivity index (χ4v) is 4.15. The average molecular weight is 475 g/mol. The summed E-state index contributed by atoms with van der Waals surface area (Å²) in [7, 11) is 0. The number of hydrogen-bond donors (Lipinski definition) is 4. The Kier molecular flexibility index (Phi) is 6.53. The molecule has 4 amide bonds. The third kappa shape index (κ3) is 4.94. The van der Waals surface area contributed by atoms with E-state index in [1.165, 1.54) is 17.0 Å². The highest BCUT2D eigenvalue weighted by atomic mass is 35.5. The van der Waals surface area contributed by atoms with Crippen LogP contribution < -0.4 is 20.9 Å². The lowest BCUT2D eigenvalue weighted by Crippen LogP contribution is -2.49. The maximum atomic E-state index is 14.8. The molecule has 4 rings (SSSR count). The Balaban J connectivity index is 1.44. The number of aliphatic hydroxyl groups is 1. The minimum absolute atomic E-state index is 0.0592. The zero-order chi connectivity index (χ0) is 23.6. The minimum Gasteiger partial charge on any atom is -0.396 e. The van der Waals surface area contributed by atoms with Crippen LogP contribution in [-0.2, 0) is 9.59 Å². The molecule has 1 saturated carbocycles. The number of nitrogens with one attached hydrogen (secondary N) is 3. The van der Waals surface area contributed by atoms with Gasteiger partial charge < -0.3 is 26.0 Å². The van der Waals surface area contributed by atoms with Crippen molar-refractivity contribution in [2.45, 2.75) is 31.2 Å². The molecule has 2 aromatic rings. The van der Waals surface area contributed by atoms with Gasteiger partial charge in [0.2, 0.25) is 5.91 Å². The summed E-state index contributed by atoms with van der Waals surface area (Å²) in [6.07, 6.45) is 2.31. The number of nitrogens with zero attached hydrogens (tertiary/aromatic N) is 1. The van der Waals surface area contributed by atoms with Crippen molar-refractivity contribution in [2.75, 3.05) is 28.7 Å². The molecule has 2 atom stereocenters. The van der Waals surface area contributed by atoms with Crippen molar-refractivity contribution in [3.05, 3.63) is 53.3 Å². The summed E-state index contributed by atoms with van der Waals surface area (Å²) in [5.41, 5.74) is -0.525. The molecule has 1 aliphatic carbocycles. The number of carbonyl (C=O) groups is 3. The summed E-state index contributed by atoms with van der Waals surface area (Å²) in [6.45, 7) is 0.213. The molecule has 1 saturated heterocycles.